The van der Waals surface area contributed by atoms with Crippen molar-refractivity contribution in [2.75, 3.05) is 0 Å². The van der Waals surface area contributed by atoms with Crippen molar-refractivity contribution in [2.45, 2.75) is 33.9 Å². The number of rotatable bonds is 2. The first kappa shape index (κ1) is 12.7. The maximum Gasteiger partial charge on any atom is 0.252 e. The lowest BCUT2D eigenvalue weighted by Crippen LogP contribution is -2.50. The van der Waals surface area contributed by atoms with Gasteiger partial charge in [-0.2, -0.15) is 0 Å². The van der Waals surface area contributed by atoms with Gasteiger partial charge in [-0.05, 0) is 24.0 Å². The Labute approximate surface area is 97.0 Å². The second-order valence-electron chi connectivity index (χ2n) is 5.13. The Morgan fingerprint density at radius 1 is 1.31 bits per heavy atom. The molecule has 1 aromatic rings. The predicted octanol–water partition coefficient (Wildman–Crippen LogP) is 2.06. The smallest absolute Gasteiger partial charge is 0.252 e. The first-order valence-corrected chi connectivity index (χ1v) is 5.44. The van der Waals surface area contributed by atoms with Gasteiger partial charge in [0, 0.05) is 5.56 Å². The van der Waals surface area contributed by atoms with E-state index < -0.39 is 0 Å². The number of nitrogens with one attached hydrogen (secondary N) is 1. The maximum atomic E-state index is 11.9. The number of nitrogens with two attached hydrogens (primary N) is 1. The van der Waals surface area contributed by atoms with Gasteiger partial charge in [-0.1, -0.05) is 39.0 Å². The van der Waals surface area contributed by atoms with E-state index in [-0.39, 0.29) is 17.5 Å². The van der Waals surface area contributed by atoms with Crippen molar-refractivity contribution < 1.29 is 4.79 Å². The minimum absolute atomic E-state index is 0.111. The molecule has 1 amide bonds. The van der Waals surface area contributed by atoms with E-state index in [4.69, 9.17) is 5.73 Å². The van der Waals surface area contributed by atoms with Gasteiger partial charge < -0.3 is 11.1 Å². The van der Waals surface area contributed by atoms with E-state index in [0.29, 0.717) is 5.56 Å². The Bertz CT molecular complexity index is 380. The summed E-state index contributed by atoms with van der Waals surface area (Å²) in [4.78, 5) is 11.9. The lowest BCUT2D eigenvalue weighted by Gasteiger charge is -2.27. The van der Waals surface area contributed by atoms with Gasteiger partial charge in [0.2, 0.25) is 0 Å². The Morgan fingerprint density at radius 2 is 1.88 bits per heavy atom. The molecule has 1 rings (SSSR count). The highest BCUT2D eigenvalue weighted by atomic mass is 16.1. The van der Waals surface area contributed by atoms with Crippen molar-refractivity contribution in [1.82, 2.24) is 5.32 Å². The highest BCUT2D eigenvalue weighted by Crippen LogP contribution is 2.16. The molecule has 0 aliphatic heterocycles. The van der Waals surface area contributed by atoms with Crippen LogP contribution in [-0.4, -0.2) is 12.1 Å². The molecule has 88 valence electrons. The summed E-state index contributed by atoms with van der Waals surface area (Å²) in [6, 6.07) is 7.48. The Hall–Kier alpha value is -1.35. The minimum atomic E-state index is -0.348. The summed E-state index contributed by atoms with van der Waals surface area (Å²) in [6.45, 7) is 7.90. The van der Waals surface area contributed by atoms with Crippen LogP contribution in [0.5, 0.6) is 0 Å². The summed E-state index contributed by atoms with van der Waals surface area (Å²) >= 11 is 0. The molecule has 1 atom stereocenters. The fourth-order valence-electron chi connectivity index (χ4n) is 1.26. The SMILES string of the molecule is Cc1ccccc1C(=O)NC(N)C(C)(C)C. The maximum absolute atomic E-state index is 11.9. The first-order chi connectivity index (χ1) is 7.32. The summed E-state index contributed by atoms with van der Waals surface area (Å²) < 4.78 is 0. The zero-order valence-corrected chi connectivity index (χ0v) is 10.4. The van der Waals surface area contributed by atoms with Gasteiger partial charge in [-0.15, -0.1) is 0 Å². The molecule has 1 aromatic carbocycles. The van der Waals surface area contributed by atoms with E-state index >= 15 is 0 Å². The van der Waals surface area contributed by atoms with Crippen molar-refractivity contribution in [3.05, 3.63) is 35.4 Å². The van der Waals surface area contributed by atoms with Crippen molar-refractivity contribution in [3.63, 3.8) is 0 Å². The molecule has 3 heteroatoms. The molecular weight excluding hydrogens is 200 g/mol. The lowest BCUT2D eigenvalue weighted by atomic mass is 9.92. The largest absolute Gasteiger partial charge is 0.336 e. The molecule has 0 aliphatic carbocycles. The van der Waals surface area contributed by atoms with Crippen LogP contribution in [0.4, 0.5) is 0 Å². The number of aryl methyl sites for hydroxylation is 1. The molecule has 0 aromatic heterocycles. The van der Waals surface area contributed by atoms with Gasteiger partial charge in [0.25, 0.3) is 5.91 Å². The third-order valence-electron chi connectivity index (χ3n) is 2.61. The van der Waals surface area contributed by atoms with Crippen LogP contribution in [0, 0.1) is 12.3 Å². The normalized spacial score (nSPS) is 13.3. The number of hydrogen-bond acceptors (Lipinski definition) is 2. The van der Waals surface area contributed by atoms with Crippen LogP contribution in [-0.2, 0) is 0 Å². The molecule has 1 unspecified atom stereocenters. The van der Waals surface area contributed by atoms with Crippen LogP contribution in [0.3, 0.4) is 0 Å². The monoisotopic (exact) mass is 220 g/mol. The summed E-state index contributed by atoms with van der Waals surface area (Å²) in [5, 5.41) is 2.82. The number of carbonyl (C=O) groups is 1. The fraction of sp³-hybridized carbons (Fsp3) is 0.462. The second-order valence-corrected chi connectivity index (χ2v) is 5.13. The molecule has 3 N–H and O–H groups in total. The summed E-state index contributed by atoms with van der Waals surface area (Å²) in [7, 11) is 0. The van der Waals surface area contributed by atoms with Crippen molar-refractivity contribution >= 4 is 5.91 Å². The van der Waals surface area contributed by atoms with Crippen LogP contribution in [0.2, 0.25) is 0 Å². The molecule has 0 aliphatic rings. The summed E-state index contributed by atoms with van der Waals surface area (Å²) in [6.07, 6.45) is -0.348. The molecule has 0 heterocycles. The van der Waals surface area contributed by atoms with Crippen LogP contribution >= 0.6 is 0 Å². The molecule has 3 nitrogen and oxygen atoms in total. The van der Waals surface area contributed by atoms with Gasteiger partial charge in [0.05, 0.1) is 6.17 Å². The second kappa shape index (κ2) is 4.66. The average molecular weight is 220 g/mol. The predicted molar refractivity (Wildman–Crippen MR) is 66.1 cm³/mol. The quantitative estimate of drug-likeness (QED) is 0.749. The van der Waals surface area contributed by atoms with E-state index in [0.717, 1.165) is 5.56 Å². The first-order valence-electron chi connectivity index (χ1n) is 5.44. The van der Waals surface area contributed by atoms with Crippen LogP contribution in [0.1, 0.15) is 36.7 Å². The average Bonchev–Trinajstić information content (AvgIpc) is 2.16. The number of benzene rings is 1. The summed E-state index contributed by atoms with van der Waals surface area (Å²) in [5.41, 5.74) is 7.41. The molecule has 0 radical (unpaired) electrons. The number of carbonyl (C=O) groups excluding carboxylic acids is 1. The van der Waals surface area contributed by atoms with Gasteiger partial charge in [-0.25, -0.2) is 0 Å². The Morgan fingerprint density at radius 3 is 2.38 bits per heavy atom. The van der Waals surface area contributed by atoms with E-state index in [1.54, 1.807) is 6.07 Å². The highest BCUT2D eigenvalue weighted by Gasteiger charge is 2.23. The van der Waals surface area contributed by atoms with Gasteiger partial charge in [0.15, 0.2) is 0 Å². The van der Waals surface area contributed by atoms with Crippen LogP contribution < -0.4 is 11.1 Å². The van der Waals surface area contributed by atoms with Crippen molar-refractivity contribution in [3.8, 4) is 0 Å². The third-order valence-corrected chi connectivity index (χ3v) is 2.61. The van der Waals surface area contributed by atoms with Gasteiger partial charge in [-0.3, -0.25) is 4.79 Å². The van der Waals surface area contributed by atoms with Gasteiger partial charge >= 0.3 is 0 Å². The van der Waals surface area contributed by atoms with E-state index in [1.165, 1.54) is 0 Å². The van der Waals surface area contributed by atoms with E-state index in [1.807, 2.05) is 45.9 Å². The fourth-order valence-corrected chi connectivity index (χ4v) is 1.26. The standard InChI is InChI=1S/C13H20N2O/c1-9-7-5-6-8-10(9)11(16)15-12(14)13(2,3)4/h5-8,12H,14H2,1-4H3,(H,15,16). The zero-order chi connectivity index (χ0) is 12.3. The van der Waals surface area contributed by atoms with Crippen LogP contribution in [0.25, 0.3) is 0 Å². The van der Waals surface area contributed by atoms with E-state index in [9.17, 15) is 4.79 Å². The van der Waals surface area contributed by atoms with Crippen LogP contribution in [0.15, 0.2) is 24.3 Å². The zero-order valence-electron chi connectivity index (χ0n) is 10.4. The van der Waals surface area contributed by atoms with Gasteiger partial charge in [0.1, 0.15) is 0 Å². The Kier molecular flexibility index (Phi) is 3.70. The molecule has 16 heavy (non-hydrogen) atoms. The molecular formula is C13H20N2O. The molecule has 0 spiro atoms. The molecule has 0 bridgehead atoms. The van der Waals surface area contributed by atoms with E-state index in [2.05, 4.69) is 5.32 Å². The Balaban J connectivity index is 2.78. The van der Waals surface area contributed by atoms with Crippen molar-refractivity contribution in [2.24, 2.45) is 11.1 Å². The highest BCUT2D eigenvalue weighted by molar-refractivity contribution is 5.95. The number of hydrogen-bond donors (Lipinski definition) is 2. The third kappa shape index (κ3) is 3.07. The summed E-state index contributed by atoms with van der Waals surface area (Å²) in [5.74, 6) is -0.111. The molecule has 0 saturated carbocycles. The topological polar surface area (TPSA) is 55.1 Å². The molecule has 0 fully saturated rings. The van der Waals surface area contributed by atoms with Crippen molar-refractivity contribution in [1.29, 1.82) is 0 Å². The lowest BCUT2D eigenvalue weighted by molar-refractivity contribution is 0.0904. The molecule has 0 saturated heterocycles. The minimum Gasteiger partial charge on any atom is -0.336 e. The number of amides is 1.